The molecule has 1 heterocycles. The second-order valence-corrected chi connectivity index (χ2v) is 4.90. The maximum Gasteiger partial charge on any atom is 0.405 e. The summed E-state index contributed by atoms with van der Waals surface area (Å²) in [6, 6.07) is 0. The molecule has 9 heteroatoms. The van der Waals surface area contributed by atoms with Crippen molar-refractivity contribution in [2.45, 2.75) is 6.18 Å². The molecule has 0 aliphatic carbocycles. The van der Waals surface area contributed by atoms with E-state index in [0.29, 0.717) is 0 Å². The van der Waals surface area contributed by atoms with E-state index in [1.807, 2.05) is 0 Å². The number of nitrogens with two attached hydrogens (primary N) is 1. The molecule has 0 fully saturated rings. The maximum absolute atomic E-state index is 12.2. The number of ether oxygens (including phenoxy) is 1. The Labute approximate surface area is 112 Å². The number of hydrogen-bond acceptors (Lipinski definition) is 5. The van der Waals surface area contributed by atoms with Crippen LogP contribution in [0.15, 0.2) is 0 Å². The van der Waals surface area contributed by atoms with Crippen molar-refractivity contribution in [1.29, 1.82) is 0 Å². The van der Waals surface area contributed by atoms with Gasteiger partial charge in [-0.15, -0.1) is 11.3 Å². The van der Waals surface area contributed by atoms with Crippen molar-refractivity contribution < 1.29 is 22.7 Å². The van der Waals surface area contributed by atoms with Crippen molar-refractivity contribution in [2.24, 2.45) is 0 Å². The first kappa shape index (κ1) is 15.4. The minimum atomic E-state index is -4.37. The van der Waals surface area contributed by atoms with Crippen molar-refractivity contribution in [1.82, 2.24) is 4.90 Å². The summed E-state index contributed by atoms with van der Waals surface area (Å²) in [5, 5.41) is 2.26. The molecule has 5 nitrogen and oxygen atoms in total. The number of carbonyl (C=O) groups is 1. The first-order chi connectivity index (χ1) is 8.67. The number of thiophene rings is 1. The van der Waals surface area contributed by atoms with E-state index in [-0.39, 0.29) is 27.2 Å². The zero-order valence-electron chi connectivity index (χ0n) is 10.6. The summed E-state index contributed by atoms with van der Waals surface area (Å²) in [4.78, 5) is 13.2. The zero-order valence-corrected chi connectivity index (χ0v) is 11.4. The summed E-state index contributed by atoms with van der Waals surface area (Å²) < 4.78 is 41.4. The van der Waals surface area contributed by atoms with Crippen LogP contribution in [-0.2, 0) is 0 Å². The van der Waals surface area contributed by atoms with Gasteiger partial charge in [-0.25, -0.2) is 0 Å². The van der Waals surface area contributed by atoms with Gasteiger partial charge < -0.3 is 20.7 Å². The largest absolute Gasteiger partial charge is 0.492 e. The summed E-state index contributed by atoms with van der Waals surface area (Å²) in [5.74, 6) is -0.333. The quantitative estimate of drug-likeness (QED) is 0.892. The molecule has 0 radical (unpaired) electrons. The van der Waals surface area contributed by atoms with E-state index < -0.39 is 12.7 Å². The molecule has 1 rings (SSSR count). The third-order valence-electron chi connectivity index (χ3n) is 2.15. The fourth-order valence-corrected chi connectivity index (χ4v) is 2.40. The van der Waals surface area contributed by atoms with Crippen LogP contribution in [0, 0.1) is 0 Å². The van der Waals surface area contributed by atoms with Crippen molar-refractivity contribution >= 4 is 27.9 Å². The van der Waals surface area contributed by atoms with Crippen LogP contribution < -0.4 is 15.8 Å². The van der Waals surface area contributed by atoms with Crippen molar-refractivity contribution in [2.75, 3.05) is 38.8 Å². The molecule has 108 valence electrons. The van der Waals surface area contributed by atoms with E-state index in [1.165, 1.54) is 26.1 Å². The third-order valence-corrected chi connectivity index (χ3v) is 3.29. The van der Waals surface area contributed by atoms with Crippen LogP contribution in [0.1, 0.15) is 9.67 Å². The number of amides is 1. The summed E-state index contributed by atoms with van der Waals surface area (Å²) in [6.45, 7) is -1.22. The zero-order chi connectivity index (χ0) is 14.8. The number of nitrogen functional groups attached to an aromatic ring is 1. The van der Waals surface area contributed by atoms with Gasteiger partial charge in [0.1, 0.15) is 22.1 Å². The predicted molar refractivity (Wildman–Crippen MR) is 67.8 cm³/mol. The molecule has 0 bridgehead atoms. The number of nitrogens with zero attached hydrogens (tertiary/aromatic N) is 1. The Bertz CT molecular complexity index is 471. The van der Waals surface area contributed by atoms with E-state index in [0.717, 1.165) is 11.3 Å². The highest BCUT2D eigenvalue weighted by Crippen LogP contribution is 2.43. The highest BCUT2D eigenvalue weighted by molar-refractivity contribution is 7.19. The maximum atomic E-state index is 12.2. The molecule has 1 aromatic heterocycles. The lowest BCUT2D eigenvalue weighted by Gasteiger charge is -2.09. The van der Waals surface area contributed by atoms with Crippen LogP contribution >= 0.6 is 11.3 Å². The number of methoxy groups -OCH3 is 1. The van der Waals surface area contributed by atoms with Crippen molar-refractivity contribution in [3.63, 3.8) is 0 Å². The van der Waals surface area contributed by atoms with E-state index in [2.05, 4.69) is 5.32 Å². The van der Waals surface area contributed by atoms with E-state index >= 15 is 0 Å². The molecule has 0 unspecified atom stereocenters. The summed E-state index contributed by atoms with van der Waals surface area (Å²) >= 11 is 0.836. The predicted octanol–water partition coefficient (Wildman–Crippen LogP) is 2.01. The lowest BCUT2D eigenvalue weighted by molar-refractivity contribution is -0.115. The molecule has 0 atom stereocenters. The van der Waals surface area contributed by atoms with Crippen molar-refractivity contribution in [3.05, 3.63) is 4.88 Å². The Kier molecular flexibility index (Phi) is 4.51. The molecule has 1 aromatic rings. The monoisotopic (exact) mass is 297 g/mol. The molecule has 19 heavy (non-hydrogen) atoms. The molecule has 3 N–H and O–H groups in total. The number of alkyl halides is 3. The second-order valence-electron chi connectivity index (χ2n) is 3.88. The average Bonchev–Trinajstić information content (AvgIpc) is 2.61. The lowest BCUT2D eigenvalue weighted by Crippen LogP contribution is -2.21. The molecule has 0 saturated heterocycles. The van der Waals surface area contributed by atoms with Crippen molar-refractivity contribution in [3.8, 4) is 5.75 Å². The fraction of sp³-hybridized carbons (Fsp3) is 0.500. The Hall–Kier alpha value is -1.64. The molecule has 0 aliphatic rings. The standard InChI is InChI=1S/C10H14F3N3O2S/c1-16(2)9(17)7-5(14)6(18-3)8(19-7)15-4-10(11,12)13/h15H,4,14H2,1-3H3. The normalized spacial score (nSPS) is 11.3. The van der Waals surface area contributed by atoms with E-state index in [9.17, 15) is 18.0 Å². The van der Waals surface area contributed by atoms with Gasteiger partial charge in [0.05, 0.1) is 7.11 Å². The van der Waals surface area contributed by atoms with Crippen LogP contribution in [0.25, 0.3) is 0 Å². The molecular formula is C10H14F3N3O2S. The molecule has 0 saturated carbocycles. The number of nitrogens with one attached hydrogen (secondary N) is 1. The van der Waals surface area contributed by atoms with Gasteiger partial charge in [-0.1, -0.05) is 0 Å². The van der Waals surface area contributed by atoms with Gasteiger partial charge in [0.15, 0.2) is 5.75 Å². The molecule has 0 spiro atoms. The number of carbonyl (C=O) groups excluding carboxylic acids is 1. The van der Waals surface area contributed by atoms with E-state index in [1.54, 1.807) is 0 Å². The Morgan fingerprint density at radius 3 is 2.47 bits per heavy atom. The Balaban J connectivity index is 3.06. The summed E-state index contributed by atoms with van der Waals surface area (Å²) in [6.07, 6.45) is -4.37. The second kappa shape index (κ2) is 5.55. The smallest absolute Gasteiger partial charge is 0.405 e. The first-order valence-corrected chi connectivity index (χ1v) is 5.97. The first-order valence-electron chi connectivity index (χ1n) is 5.16. The number of hydrogen-bond donors (Lipinski definition) is 2. The number of halogens is 3. The average molecular weight is 297 g/mol. The van der Waals surface area contributed by atoms with Crippen LogP contribution in [0.5, 0.6) is 5.75 Å². The SMILES string of the molecule is COc1c(NCC(F)(F)F)sc(C(=O)N(C)C)c1N. The Morgan fingerprint density at radius 1 is 1.47 bits per heavy atom. The van der Waals surface area contributed by atoms with Gasteiger partial charge in [-0.3, -0.25) is 4.79 Å². The highest BCUT2D eigenvalue weighted by atomic mass is 32.1. The Morgan fingerprint density at radius 2 is 2.05 bits per heavy atom. The lowest BCUT2D eigenvalue weighted by atomic mass is 10.3. The molecule has 1 amide bonds. The van der Waals surface area contributed by atoms with Gasteiger partial charge in [-0.2, -0.15) is 13.2 Å². The molecule has 0 aliphatic heterocycles. The van der Waals surface area contributed by atoms with Gasteiger partial charge in [0.25, 0.3) is 5.91 Å². The van der Waals surface area contributed by atoms with Gasteiger partial charge in [0.2, 0.25) is 0 Å². The van der Waals surface area contributed by atoms with Crippen LogP contribution in [0.2, 0.25) is 0 Å². The summed E-state index contributed by atoms with van der Waals surface area (Å²) in [7, 11) is 4.33. The fourth-order valence-electron chi connectivity index (χ4n) is 1.29. The minimum absolute atomic E-state index is 0.0378. The topological polar surface area (TPSA) is 67.6 Å². The third kappa shape index (κ3) is 3.66. The summed E-state index contributed by atoms with van der Waals surface area (Å²) in [5.41, 5.74) is 5.75. The molecule has 0 aromatic carbocycles. The van der Waals surface area contributed by atoms with Gasteiger partial charge >= 0.3 is 6.18 Å². The van der Waals surface area contributed by atoms with Crippen LogP contribution in [-0.4, -0.2) is 44.7 Å². The van der Waals surface area contributed by atoms with Crippen LogP contribution in [0.3, 0.4) is 0 Å². The minimum Gasteiger partial charge on any atom is -0.492 e. The highest BCUT2D eigenvalue weighted by Gasteiger charge is 2.29. The van der Waals surface area contributed by atoms with Crippen LogP contribution in [0.4, 0.5) is 23.9 Å². The van der Waals surface area contributed by atoms with Gasteiger partial charge in [-0.05, 0) is 0 Å². The number of anilines is 2. The van der Waals surface area contributed by atoms with Gasteiger partial charge in [0, 0.05) is 14.1 Å². The molecular weight excluding hydrogens is 283 g/mol. The van der Waals surface area contributed by atoms with E-state index in [4.69, 9.17) is 10.5 Å². The number of rotatable bonds is 4.